The van der Waals surface area contributed by atoms with E-state index in [2.05, 4.69) is 55.6 Å². The first kappa shape index (κ1) is 14.4. The van der Waals surface area contributed by atoms with Crippen LogP contribution in [0.5, 0.6) is 5.75 Å². The van der Waals surface area contributed by atoms with Gasteiger partial charge in [0.05, 0.1) is 6.61 Å². The molecule has 0 amide bonds. The number of hydrogen-bond donors (Lipinski definition) is 1. The highest BCUT2D eigenvalue weighted by Gasteiger charge is 1.97. The minimum Gasteiger partial charge on any atom is -0.494 e. The molecule has 106 valence electrons. The predicted molar refractivity (Wildman–Crippen MR) is 85.4 cm³/mol. The molecule has 0 atom stereocenters. The fourth-order valence-corrected chi connectivity index (χ4v) is 2.03. The smallest absolute Gasteiger partial charge is 0.119 e. The van der Waals surface area contributed by atoms with Gasteiger partial charge in [-0.3, -0.25) is 0 Å². The lowest BCUT2D eigenvalue weighted by molar-refractivity contribution is 0.317. The summed E-state index contributed by atoms with van der Waals surface area (Å²) in [5.74, 6) is 0.948. The second-order valence-electron chi connectivity index (χ2n) is 4.90. The molecule has 0 fully saturated rings. The largest absolute Gasteiger partial charge is 0.494 e. The predicted octanol–water partition coefficient (Wildman–Crippen LogP) is 4.65. The van der Waals surface area contributed by atoms with Crippen LogP contribution in [0.15, 0.2) is 48.5 Å². The van der Waals surface area contributed by atoms with Crippen molar-refractivity contribution >= 4 is 5.69 Å². The summed E-state index contributed by atoms with van der Waals surface area (Å²) in [5.41, 5.74) is 3.80. The molecule has 0 aromatic heterocycles. The SMILES string of the molecule is CCCOc1ccc(CNc2cccc(CC)c2)cc1. The zero-order valence-corrected chi connectivity index (χ0v) is 12.4. The molecule has 0 radical (unpaired) electrons. The zero-order valence-electron chi connectivity index (χ0n) is 12.4. The van der Waals surface area contributed by atoms with Crippen LogP contribution < -0.4 is 10.1 Å². The average Bonchev–Trinajstić information content (AvgIpc) is 2.52. The van der Waals surface area contributed by atoms with Crippen LogP contribution >= 0.6 is 0 Å². The van der Waals surface area contributed by atoms with Crippen molar-refractivity contribution in [2.75, 3.05) is 11.9 Å². The Hall–Kier alpha value is -1.96. The van der Waals surface area contributed by atoms with Gasteiger partial charge >= 0.3 is 0 Å². The molecular formula is C18H23NO. The highest BCUT2D eigenvalue weighted by atomic mass is 16.5. The van der Waals surface area contributed by atoms with E-state index in [4.69, 9.17) is 4.74 Å². The van der Waals surface area contributed by atoms with Crippen molar-refractivity contribution in [2.24, 2.45) is 0 Å². The van der Waals surface area contributed by atoms with E-state index >= 15 is 0 Å². The van der Waals surface area contributed by atoms with Crippen molar-refractivity contribution in [3.63, 3.8) is 0 Å². The lowest BCUT2D eigenvalue weighted by Crippen LogP contribution is -2.00. The number of ether oxygens (including phenoxy) is 1. The maximum atomic E-state index is 5.58. The van der Waals surface area contributed by atoms with Gasteiger partial charge in [-0.1, -0.05) is 38.1 Å². The monoisotopic (exact) mass is 269 g/mol. The fraction of sp³-hybridized carbons (Fsp3) is 0.333. The van der Waals surface area contributed by atoms with E-state index in [9.17, 15) is 0 Å². The van der Waals surface area contributed by atoms with Crippen LogP contribution in [0.1, 0.15) is 31.4 Å². The third kappa shape index (κ3) is 4.30. The van der Waals surface area contributed by atoms with Gasteiger partial charge in [-0.25, -0.2) is 0 Å². The van der Waals surface area contributed by atoms with Crippen molar-refractivity contribution in [3.05, 3.63) is 59.7 Å². The third-order valence-corrected chi connectivity index (χ3v) is 3.23. The molecule has 0 aliphatic rings. The van der Waals surface area contributed by atoms with E-state index in [-0.39, 0.29) is 0 Å². The molecule has 0 aliphatic carbocycles. The molecule has 0 saturated heterocycles. The summed E-state index contributed by atoms with van der Waals surface area (Å²) in [6, 6.07) is 16.9. The molecular weight excluding hydrogens is 246 g/mol. The molecule has 2 aromatic carbocycles. The number of benzene rings is 2. The second kappa shape index (κ2) is 7.59. The molecule has 20 heavy (non-hydrogen) atoms. The topological polar surface area (TPSA) is 21.3 Å². The first-order valence-electron chi connectivity index (χ1n) is 7.36. The molecule has 0 heterocycles. The molecule has 0 bridgehead atoms. The van der Waals surface area contributed by atoms with Gasteiger partial charge in [0.1, 0.15) is 5.75 Å². The van der Waals surface area contributed by atoms with Gasteiger partial charge in [-0.05, 0) is 48.2 Å². The van der Waals surface area contributed by atoms with Gasteiger partial charge in [0.2, 0.25) is 0 Å². The van der Waals surface area contributed by atoms with Crippen molar-refractivity contribution < 1.29 is 4.74 Å². The van der Waals surface area contributed by atoms with E-state index < -0.39 is 0 Å². The summed E-state index contributed by atoms with van der Waals surface area (Å²) in [6.45, 7) is 5.90. The quantitative estimate of drug-likeness (QED) is 0.790. The number of rotatable bonds is 7. The standard InChI is InChI=1S/C18H23NO/c1-3-12-20-18-10-8-16(9-11-18)14-19-17-7-5-6-15(4-2)13-17/h5-11,13,19H,3-4,12,14H2,1-2H3. The van der Waals surface area contributed by atoms with Gasteiger partial charge in [0.25, 0.3) is 0 Å². The highest BCUT2D eigenvalue weighted by Crippen LogP contribution is 2.15. The van der Waals surface area contributed by atoms with Crippen LogP contribution in [-0.2, 0) is 13.0 Å². The Kier molecular flexibility index (Phi) is 5.48. The second-order valence-corrected chi connectivity index (χ2v) is 4.90. The highest BCUT2D eigenvalue weighted by molar-refractivity contribution is 5.46. The van der Waals surface area contributed by atoms with Gasteiger partial charge < -0.3 is 10.1 Å². The molecule has 2 nitrogen and oxygen atoms in total. The lowest BCUT2D eigenvalue weighted by atomic mass is 10.1. The Morgan fingerprint density at radius 2 is 1.75 bits per heavy atom. The Balaban J connectivity index is 1.89. The minimum absolute atomic E-state index is 0.779. The Labute approximate surface area is 121 Å². The molecule has 2 aromatic rings. The van der Waals surface area contributed by atoms with Crippen LogP contribution in [0.25, 0.3) is 0 Å². The van der Waals surface area contributed by atoms with E-state index in [1.54, 1.807) is 0 Å². The summed E-state index contributed by atoms with van der Waals surface area (Å²) in [4.78, 5) is 0. The van der Waals surface area contributed by atoms with Crippen LogP contribution in [0, 0.1) is 0 Å². The Morgan fingerprint density at radius 1 is 0.950 bits per heavy atom. The van der Waals surface area contributed by atoms with Crippen LogP contribution in [0.4, 0.5) is 5.69 Å². The van der Waals surface area contributed by atoms with E-state index in [1.807, 2.05) is 12.1 Å². The third-order valence-electron chi connectivity index (χ3n) is 3.23. The summed E-state index contributed by atoms with van der Waals surface area (Å²) in [6.07, 6.45) is 2.11. The molecule has 1 N–H and O–H groups in total. The van der Waals surface area contributed by atoms with Crippen molar-refractivity contribution in [1.82, 2.24) is 0 Å². The van der Waals surface area contributed by atoms with Gasteiger partial charge in [0, 0.05) is 12.2 Å². The van der Waals surface area contributed by atoms with Crippen molar-refractivity contribution in [1.29, 1.82) is 0 Å². The van der Waals surface area contributed by atoms with Crippen LogP contribution in [0.2, 0.25) is 0 Å². The maximum absolute atomic E-state index is 5.58. The summed E-state index contributed by atoms with van der Waals surface area (Å²) in [7, 11) is 0. The summed E-state index contributed by atoms with van der Waals surface area (Å²) >= 11 is 0. The van der Waals surface area contributed by atoms with Gasteiger partial charge in [-0.15, -0.1) is 0 Å². The van der Waals surface area contributed by atoms with Gasteiger partial charge in [-0.2, -0.15) is 0 Å². The van der Waals surface area contributed by atoms with Gasteiger partial charge in [0.15, 0.2) is 0 Å². The maximum Gasteiger partial charge on any atom is 0.119 e. The van der Waals surface area contributed by atoms with E-state index in [0.717, 1.165) is 31.7 Å². The molecule has 0 spiro atoms. The summed E-state index contributed by atoms with van der Waals surface area (Å²) < 4.78 is 5.58. The number of anilines is 1. The first-order valence-corrected chi connectivity index (χ1v) is 7.36. The Bertz CT molecular complexity index is 519. The molecule has 0 saturated carbocycles. The average molecular weight is 269 g/mol. The molecule has 2 heteroatoms. The molecule has 0 aliphatic heterocycles. The lowest BCUT2D eigenvalue weighted by Gasteiger charge is -2.09. The van der Waals surface area contributed by atoms with Crippen LogP contribution in [-0.4, -0.2) is 6.61 Å². The fourth-order valence-electron chi connectivity index (χ4n) is 2.03. The zero-order chi connectivity index (χ0) is 14.2. The minimum atomic E-state index is 0.779. The van der Waals surface area contributed by atoms with E-state index in [0.29, 0.717) is 0 Å². The Morgan fingerprint density at radius 3 is 2.45 bits per heavy atom. The first-order chi connectivity index (χ1) is 9.81. The van der Waals surface area contributed by atoms with Crippen molar-refractivity contribution in [2.45, 2.75) is 33.2 Å². The van der Waals surface area contributed by atoms with Crippen molar-refractivity contribution in [3.8, 4) is 5.75 Å². The van der Waals surface area contributed by atoms with E-state index in [1.165, 1.54) is 16.8 Å². The normalized spacial score (nSPS) is 10.3. The number of hydrogen-bond acceptors (Lipinski definition) is 2. The molecule has 2 rings (SSSR count). The summed E-state index contributed by atoms with van der Waals surface area (Å²) in [5, 5.41) is 3.46. The van der Waals surface area contributed by atoms with Crippen LogP contribution in [0.3, 0.4) is 0 Å². The number of nitrogens with one attached hydrogen (secondary N) is 1. The number of aryl methyl sites for hydroxylation is 1. The molecule has 0 unspecified atom stereocenters.